The molecule has 0 radical (unpaired) electrons. The number of anilines is 2. The molecule has 3 rings (SSSR count). The highest BCUT2D eigenvalue weighted by Gasteiger charge is 2.30. The number of urea groups is 1. The van der Waals surface area contributed by atoms with E-state index in [-0.39, 0.29) is 5.69 Å². The van der Waals surface area contributed by atoms with Crippen molar-refractivity contribution in [2.24, 2.45) is 4.99 Å². The summed E-state index contributed by atoms with van der Waals surface area (Å²) in [6.45, 7) is 2.95. The van der Waals surface area contributed by atoms with Gasteiger partial charge in [0.15, 0.2) is 0 Å². The predicted octanol–water partition coefficient (Wildman–Crippen LogP) is 4.31. The molecule has 0 fully saturated rings. The molecule has 2 amide bonds. The molecule has 0 aromatic heterocycles. The second-order valence-corrected chi connectivity index (χ2v) is 7.04. The number of alkyl halides is 3. The minimum Gasteiger partial charge on any atom is -0.378 e. The summed E-state index contributed by atoms with van der Waals surface area (Å²) in [6, 6.07) is 11.2. The van der Waals surface area contributed by atoms with E-state index in [9.17, 15) is 18.0 Å². The molecule has 3 N–H and O–H groups in total. The van der Waals surface area contributed by atoms with E-state index >= 15 is 0 Å². The molecule has 0 saturated heterocycles. The van der Waals surface area contributed by atoms with Crippen LogP contribution < -0.4 is 16.0 Å². The van der Waals surface area contributed by atoms with Gasteiger partial charge < -0.3 is 20.9 Å². The number of nitrogens with zero attached hydrogens (tertiary/aromatic N) is 2. The largest absolute Gasteiger partial charge is 0.416 e. The molecule has 10 heteroatoms. The first-order valence-corrected chi connectivity index (χ1v) is 9.69. The number of amidine groups is 1. The van der Waals surface area contributed by atoms with Crippen LogP contribution in [0.1, 0.15) is 5.56 Å². The number of hydrogen-bond donors (Lipinski definition) is 3. The minimum absolute atomic E-state index is 0.288. The van der Waals surface area contributed by atoms with Crippen molar-refractivity contribution in [2.45, 2.75) is 6.18 Å². The van der Waals surface area contributed by atoms with Crippen molar-refractivity contribution in [3.8, 4) is 0 Å². The van der Waals surface area contributed by atoms with Crippen molar-refractivity contribution < 1.29 is 18.0 Å². The Labute approximate surface area is 177 Å². The number of nitrogens with one attached hydrogen (secondary N) is 3. The van der Waals surface area contributed by atoms with E-state index in [1.807, 2.05) is 12.1 Å². The lowest BCUT2D eigenvalue weighted by Crippen LogP contribution is -2.40. The van der Waals surface area contributed by atoms with E-state index in [2.05, 4.69) is 25.8 Å². The van der Waals surface area contributed by atoms with Gasteiger partial charge in [0.1, 0.15) is 5.84 Å². The maximum Gasteiger partial charge on any atom is 0.416 e. The quantitative estimate of drug-likeness (QED) is 0.602. The highest BCUT2D eigenvalue weighted by atomic mass is 35.5. The molecule has 0 spiro atoms. The molecule has 0 bridgehead atoms. The molecule has 30 heavy (non-hydrogen) atoms. The number of carbonyl (C=O) groups is 1. The van der Waals surface area contributed by atoms with E-state index in [0.717, 1.165) is 30.2 Å². The zero-order valence-electron chi connectivity index (χ0n) is 16.0. The fraction of sp³-hybridized carbons (Fsp3) is 0.300. The third-order valence-electron chi connectivity index (χ3n) is 4.46. The van der Waals surface area contributed by atoms with Crippen LogP contribution in [0, 0.1) is 0 Å². The van der Waals surface area contributed by atoms with Crippen molar-refractivity contribution in [2.75, 3.05) is 43.4 Å². The fourth-order valence-corrected chi connectivity index (χ4v) is 3.03. The number of benzene rings is 2. The molecule has 0 saturated carbocycles. The minimum atomic E-state index is -4.40. The van der Waals surface area contributed by atoms with Gasteiger partial charge in [0.2, 0.25) is 0 Å². The Morgan fingerprint density at radius 1 is 1.07 bits per heavy atom. The lowest BCUT2D eigenvalue weighted by molar-refractivity contribution is -0.137. The maximum atomic E-state index is 12.6. The molecular formula is C20H21ClF3N5O. The number of amides is 2. The van der Waals surface area contributed by atoms with Crippen LogP contribution in [-0.4, -0.2) is 49.5 Å². The Morgan fingerprint density at radius 3 is 2.40 bits per heavy atom. The van der Waals surface area contributed by atoms with Gasteiger partial charge in [0.25, 0.3) is 0 Å². The lowest BCUT2D eigenvalue weighted by Gasteiger charge is -2.21. The number of hydrogen-bond acceptors (Lipinski definition) is 4. The molecule has 160 valence electrons. The Hall–Kier alpha value is -2.94. The van der Waals surface area contributed by atoms with Gasteiger partial charge in [0, 0.05) is 36.0 Å². The first-order valence-electron chi connectivity index (χ1n) is 9.31. The molecule has 6 nitrogen and oxygen atoms in total. The highest BCUT2D eigenvalue weighted by molar-refractivity contribution is 6.30. The number of rotatable bonds is 7. The smallest absolute Gasteiger partial charge is 0.378 e. The van der Waals surface area contributed by atoms with Gasteiger partial charge in [-0.15, -0.1) is 0 Å². The predicted molar refractivity (Wildman–Crippen MR) is 112 cm³/mol. The Morgan fingerprint density at radius 2 is 1.73 bits per heavy atom. The Kier molecular flexibility index (Phi) is 7.04. The SMILES string of the molecule is O=C(NCCN1CCN=C1CNc1ccc(Cl)cc1)Nc1ccc(C(F)(F)F)cc1. The Balaban J connectivity index is 1.40. The van der Waals surface area contributed by atoms with Crippen LogP contribution in [0.4, 0.5) is 29.3 Å². The van der Waals surface area contributed by atoms with E-state index in [4.69, 9.17) is 11.6 Å². The van der Waals surface area contributed by atoms with Crippen LogP contribution in [0.2, 0.25) is 5.02 Å². The summed E-state index contributed by atoms with van der Waals surface area (Å²) in [5.41, 5.74) is 0.459. The van der Waals surface area contributed by atoms with Crippen LogP contribution in [0.15, 0.2) is 53.5 Å². The fourth-order valence-electron chi connectivity index (χ4n) is 2.91. The summed E-state index contributed by atoms with van der Waals surface area (Å²) in [5, 5.41) is 9.17. The molecule has 0 atom stereocenters. The first-order chi connectivity index (χ1) is 14.3. The average molecular weight is 440 g/mol. The summed E-state index contributed by atoms with van der Waals surface area (Å²) in [4.78, 5) is 18.5. The standard InChI is InChI=1S/C20H21ClF3N5O/c21-15-3-7-16(8-4-15)27-13-18-25-9-11-29(18)12-10-26-19(30)28-17-5-1-14(2-6-17)20(22,23)24/h1-8,27H,9-13H2,(H2,26,28,30). The van der Waals surface area contributed by atoms with Gasteiger partial charge in [-0.2, -0.15) is 13.2 Å². The van der Waals surface area contributed by atoms with Crippen molar-refractivity contribution in [3.05, 3.63) is 59.1 Å². The second-order valence-electron chi connectivity index (χ2n) is 6.60. The van der Waals surface area contributed by atoms with Gasteiger partial charge in [-0.25, -0.2) is 4.79 Å². The molecular weight excluding hydrogens is 419 g/mol. The highest BCUT2D eigenvalue weighted by Crippen LogP contribution is 2.29. The van der Waals surface area contributed by atoms with Crippen LogP contribution >= 0.6 is 11.6 Å². The summed E-state index contributed by atoms with van der Waals surface area (Å²) in [7, 11) is 0. The summed E-state index contributed by atoms with van der Waals surface area (Å²) < 4.78 is 37.7. The van der Waals surface area contributed by atoms with Crippen molar-refractivity contribution in [1.82, 2.24) is 10.2 Å². The molecule has 0 unspecified atom stereocenters. The first kappa shape index (κ1) is 21.8. The monoisotopic (exact) mass is 439 g/mol. The average Bonchev–Trinajstić information content (AvgIpc) is 3.14. The third-order valence-corrected chi connectivity index (χ3v) is 4.71. The van der Waals surface area contributed by atoms with Gasteiger partial charge in [0.05, 0.1) is 18.7 Å². The molecule has 2 aromatic carbocycles. The summed E-state index contributed by atoms with van der Waals surface area (Å²) in [6.07, 6.45) is -4.40. The van der Waals surface area contributed by atoms with Gasteiger partial charge in [-0.05, 0) is 48.5 Å². The lowest BCUT2D eigenvalue weighted by atomic mass is 10.2. The summed E-state index contributed by atoms with van der Waals surface area (Å²) >= 11 is 5.88. The van der Waals surface area contributed by atoms with Crippen molar-refractivity contribution >= 4 is 34.8 Å². The van der Waals surface area contributed by atoms with Gasteiger partial charge in [-0.1, -0.05) is 11.6 Å². The van der Waals surface area contributed by atoms with E-state index in [0.29, 0.717) is 31.2 Å². The van der Waals surface area contributed by atoms with Crippen LogP contribution in [0.5, 0.6) is 0 Å². The molecule has 2 aromatic rings. The van der Waals surface area contributed by atoms with Crippen LogP contribution in [0.3, 0.4) is 0 Å². The molecule has 1 aliphatic heterocycles. The third kappa shape index (κ3) is 6.28. The van der Waals surface area contributed by atoms with Crippen LogP contribution in [0.25, 0.3) is 0 Å². The van der Waals surface area contributed by atoms with Crippen molar-refractivity contribution in [1.29, 1.82) is 0 Å². The van der Waals surface area contributed by atoms with Gasteiger partial charge in [-0.3, -0.25) is 4.99 Å². The maximum absolute atomic E-state index is 12.6. The normalized spacial score (nSPS) is 13.7. The zero-order chi connectivity index (χ0) is 21.6. The number of halogens is 4. The van der Waals surface area contributed by atoms with E-state index < -0.39 is 17.8 Å². The van der Waals surface area contributed by atoms with E-state index in [1.54, 1.807) is 12.1 Å². The van der Waals surface area contributed by atoms with E-state index in [1.165, 1.54) is 12.1 Å². The Bertz CT molecular complexity index is 885. The number of carbonyl (C=O) groups excluding carboxylic acids is 1. The topological polar surface area (TPSA) is 68.8 Å². The molecule has 0 aliphatic carbocycles. The zero-order valence-corrected chi connectivity index (χ0v) is 16.7. The number of aliphatic imine (C=N–C) groups is 1. The van der Waals surface area contributed by atoms with Crippen molar-refractivity contribution in [3.63, 3.8) is 0 Å². The second kappa shape index (κ2) is 9.71. The molecule has 1 heterocycles. The molecule has 1 aliphatic rings. The summed E-state index contributed by atoms with van der Waals surface area (Å²) in [5.74, 6) is 0.898. The van der Waals surface area contributed by atoms with Crippen LogP contribution in [-0.2, 0) is 6.18 Å². The van der Waals surface area contributed by atoms with Gasteiger partial charge >= 0.3 is 12.2 Å².